The Morgan fingerprint density at radius 2 is 1.40 bits per heavy atom. The first-order chi connectivity index (χ1) is 11.8. The van der Waals surface area contributed by atoms with Crippen LogP contribution in [0.15, 0.2) is 36.4 Å². The summed E-state index contributed by atoms with van der Waals surface area (Å²) in [4.78, 5) is 19.4. The van der Waals surface area contributed by atoms with Crippen LogP contribution in [0.2, 0.25) is 5.02 Å². The largest absolute Gasteiger partial charge is 0.497 e. The molecule has 0 atom stereocenters. The molecule has 136 valence electrons. The van der Waals surface area contributed by atoms with Crippen LogP contribution in [0.25, 0.3) is 0 Å². The van der Waals surface area contributed by atoms with Gasteiger partial charge in [0.15, 0.2) is 0 Å². The van der Waals surface area contributed by atoms with Crippen LogP contribution in [-0.4, -0.2) is 29.2 Å². The van der Waals surface area contributed by atoms with Crippen molar-refractivity contribution in [1.82, 2.24) is 0 Å². The third-order valence-corrected chi connectivity index (χ3v) is 2.85. The predicted octanol–water partition coefficient (Wildman–Crippen LogP) is 2.62. The Bertz CT molecular complexity index is 741. The summed E-state index contributed by atoms with van der Waals surface area (Å²) in [6, 6.07) is 8.27. The van der Waals surface area contributed by atoms with Gasteiger partial charge < -0.3 is 21.3 Å². The van der Waals surface area contributed by atoms with Gasteiger partial charge >= 0.3 is 0 Å². The van der Waals surface area contributed by atoms with Crippen LogP contribution in [0.4, 0.5) is 22.7 Å². The second kappa shape index (κ2) is 10.6. The smallest absolute Gasteiger partial charge is 0.292 e. The van der Waals surface area contributed by atoms with Crippen LogP contribution >= 0.6 is 11.6 Å². The zero-order valence-corrected chi connectivity index (χ0v) is 14.1. The molecule has 2 aromatic carbocycles. The fourth-order valence-corrected chi connectivity index (χ4v) is 1.70. The Hall–Kier alpha value is -3.11. The van der Waals surface area contributed by atoms with Crippen molar-refractivity contribution in [2.45, 2.75) is 0 Å². The maximum absolute atomic E-state index is 10.3. The second-order valence-corrected chi connectivity index (χ2v) is 4.58. The quantitative estimate of drug-likeness (QED) is 0.419. The number of nitrogen functional groups attached to an aromatic ring is 2. The summed E-state index contributed by atoms with van der Waals surface area (Å²) in [6.07, 6.45) is 0. The van der Waals surface area contributed by atoms with Gasteiger partial charge in [0.1, 0.15) is 17.1 Å². The summed E-state index contributed by atoms with van der Waals surface area (Å²) in [6.45, 7) is 0. The van der Waals surface area contributed by atoms with Crippen LogP contribution in [0, 0.1) is 20.2 Å². The highest BCUT2D eigenvalue weighted by Gasteiger charge is 2.11. The second-order valence-electron chi connectivity index (χ2n) is 4.14. The molecule has 0 radical (unpaired) electrons. The summed E-state index contributed by atoms with van der Waals surface area (Å²) in [5.41, 5.74) is 10.7. The molecule has 10 nitrogen and oxygen atoms in total. The Morgan fingerprint density at radius 3 is 1.76 bits per heavy atom. The number of anilines is 2. The molecule has 0 aliphatic heterocycles. The van der Waals surface area contributed by atoms with E-state index < -0.39 is 9.85 Å². The van der Waals surface area contributed by atoms with E-state index >= 15 is 0 Å². The number of rotatable bonds is 3. The number of ether oxygens (including phenoxy) is 1. The van der Waals surface area contributed by atoms with E-state index in [-0.39, 0.29) is 22.7 Å². The highest BCUT2D eigenvalue weighted by molar-refractivity contribution is 6.30. The number of nitrogens with two attached hydrogens (primary N) is 2. The summed E-state index contributed by atoms with van der Waals surface area (Å²) < 4.78 is 4.83. The molecule has 2 rings (SSSR count). The number of nitrogens with zero attached hydrogens (tertiary/aromatic N) is 2. The monoisotopic (exact) mass is 372 g/mol. The van der Waals surface area contributed by atoms with Crippen molar-refractivity contribution in [1.29, 1.82) is 0 Å². The molecule has 11 heteroatoms. The number of aliphatic hydroxyl groups excluding tert-OH is 1. The van der Waals surface area contributed by atoms with Crippen LogP contribution in [0.5, 0.6) is 5.75 Å². The van der Waals surface area contributed by atoms with Crippen molar-refractivity contribution in [3.05, 3.63) is 61.6 Å². The Kier molecular flexibility index (Phi) is 9.30. The van der Waals surface area contributed by atoms with Gasteiger partial charge in [-0.3, -0.25) is 20.2 Å². The number of benzene rings is 2. The van der Waals surface area contributed by atoms with Gasteiger partial charge in [-0.15, -0.1) is 0 Å². The van der Waals surface area contributed by atoms with Crippen molar-refractivity contribution in [2.75, 3.05) is 25.7 Å². The maximum Gasteiger partial charge on any atom is 0.292 e. The van der Waals surface area contributed by atoms with Gasteiger partial charge in [0.05, 0.1) is 17.0 Å². The lowest BCUT2D eigenvalue weighted by Crippen LogP contribution is -1.95. The molecule has 0 unspecified atom stereocenters. The molecule has 0 spiro atoms. The first-order valence-electron chi connectivity index (χ1n) is 6.48. The fourth-order valence-electron chi connectivity index (χ4n) is 1.52. The Balaban J connectivity index is 0.000000421. The van der Waals surface area contributed by atoms with Crippen molar-refractivity contribution in [2.24, 2.45) is 0 Å². The molecular weight excluding hydrogens is 356 g/mol. The van der Waals surface area contributed by atoms with Gasteiger partial charge in [-0.05, 0) is 18.2 Å². The normalized spacial score (nSPS) is 8.96. The summed E-state index contributed by atoms with van der Waals surface area (Å²) in [7, 11) is 2.47. The topological polar surface area (TPSA) is 168 Å². The van der Waals surface area contributed by atoms with Crippen molar-refractivity contribution in [3.8, 4) is 5.75 Å². The van der Waals surface area contributed by atoms with E-state index in [1.165, 1.54) is 43.5 Å². The summed E-state index contributed by atoms with van der Waals surface area (Å²) in [5, 5.41) is 27.9. The van der Waals surface area contributed by atoms with E-state index in [4.69, 9.17) is 32.9 Å². The van der Waals surface area contributed by atoms with Crippen molar-refractivity contribution >= 4 is 34.4 Å². The van der Waals surface area contributed by atoms with Crippen LogP contribution in [0.3, 0.4) is 0 Å². The van der Waals surface area contributed by atoms with E-state index in [1.807, 2.05) is 0 Å². The predicted molar refractivity (Wildman–Crippen MR) is 94.7 cm³/mol. The van der Waals surface area contributed by atoms with Crippen LogP contribution in [-0.2, 0) is 0 Å². The van der Waals surface area contributed by atoms with Gasteiger partial charge in [0, 0.05) is 30.3 Å². The van der Waals surface area contributed by atoms with Gasteiger partial charge in [-0.1, -0.05) is 11.6 Å². The first kappa shape index (κ1) is 21.9. The lowest BCUT2D eigenvalue weighted by atomic mass is 10.2. The van der Waals surface area contributed by atoms with E-state index in [0.29, 0.717) is 10.8 Å². The molecule has 5 N–H and O–H groups in total. The van der Waals surface area contributed by atoms with Crippen molar-refractivity contribution in [3.63, 3.8) is 0 Å². The first-order valence-corrected chi connectivity index (χ1v) is 6.86. The van der Waals surface area contributed by atoms with Crippen LogP contribution < -0.4 is 16.2 Å². The number of hydrogen-bond acceptors (Lipinski definition) is 8. The van der Waals surface area contributed by atoms with Gasteiger partial charge in [0.25, 0.3) is 11.4 Å². The lowest BCUT2D eigenvalue weighted by Gasteiger charge is -2.00. The molecule has 0 aliphatic carbocycles. The molecule has 0 aliphatic rings. The van der Waals surface area contributed by atoms with E-state index in [1.54, 1.807) is 0 Å². The average molecular weight is 373 g/mol. The third-order valence-electron chi connectivity index (χ3n) is 2.62. The molecule has 0 fully saturated rings. The molecule has 0 amide bonds. The highest BCUT2D eigenvalue weighted by Crippen LogP contribution is 2.25. The molecule has 0 saturated heterocycles. The Labute approximate surface area is 147 Å². The number of methoxy groups -OCH3 is 1. The van der Waals surface area contributed by atoms with Crippen LogP contribution in [0.1, 0.15) is 0 Å². The number of nitro benzene ring substituents is 2. The minimum Gasteiger partial charge on any atom is -0.497 e. The minimum atomic E-state index is -0.550. The number of aliphatic hydroxyl groups is 1. The summed E-state index contributed by atoms with van der Waals surface area (Å²) >= 11 is 5.52. The van der Waals surface area contributed by atoms with E-state index in [0.717, 1.165) is 7.11 Å². The Morgan fingerprint density at radius 1 is 0.960 bits per heavy atom. The standard InChI is InChI=1S/C7H8N2O3.C6H5ClN2O2.CH4O/c1-12-5-2-3-7(9(10)11)6(8)4-5;7-4-1-2-6(9(10)11)5(8)3-4;1-2/h2-4H,8H2,1H3;1-3H,8H2;2H,1H3. The SMILES string of the molecule is CO.COc1ccc([N+](=O)[O-])c(N)c1.Nc1cc(Cl)ccc1[N+](=O)[O-]. The molecule has 2 aromatic rings. The molecule has 0 heterocycles. The third kappa shape index (κ3) is 6.89. The minimum absolute atomic E-state index is 0.0856. The highest BCUT2D eigenvalue weighted by atomic mass is 35.5. The molecule has 0 aromatic heterocycles. The zero-order valence-electron chi connectivity index (χ0n) is 13.4. The number of halogens is 1. The molecule has 0 bridgehead atoms. The van der Waals surface area contributed by atoms with Gasteiger partial charge in [-0.2, -0.15) is 0 Å². The van der Waals surface area contributed by atoms with E-state index in [2.05, 4.69) is 0 Å². The molecule has 25 heavy (non-hydrogen) atoms. The fraction of sp³-hybridized carbons (Fsp3) is 0.143. The summed E-state index contributed by atoms with van der Waals surface area (Å²) in [5.74, 6) is 0.512. The maximum atomic E-state index is 10.3. The van der Waals surface area contributed by atoms with E-state index in [9.17, 15) is 20.2 Å². The van der Waals surface area contributed by atoms with Crippen molar-refractivity contribution < 1.29 is 19.7 Å². The lowest BCUT2D eigenvalue weighted by molar-refractivity contribution is -0.384. The zero-order chi connectivity index (χ0) is 19.6. The van der Waals surface area contributed by atoms with Gasteiger partial charge in [-0.25, -0.2) is 0 Å². The average Bonchev–Trinajstić information content (AvgIpc) is 2.56. The number of hydrogen-bond donors (Lipinski definition) is 3. The molecular formula is C14H17ClN4O6. The van der Waals surface area contributed by atoms with Gasteiger partial charge in [0.2, 0.25) is 0 Å². The molecule has 0 saturated carbocycles. The number of nitro groups is 2.